The Bertz CT molecular complexity index is 550. The second-order valence-corrected chi connectivity index (χ2v) is 4.94. The van der Waals surface area contributed by atoms with Gasteiger partial charge in [0.1, 0.15) is 0 Å². The summed E-state index contributed by atoms with van der Waals surface area (Å²) in [6.45, 7) is 1.34. The fourth-order valence-corrected chi connectivity index (χ4v) is 2.28. The lowest BCUT2D eigenvalue weighted by Gasteiger charge is -2.31. The molecule has 0 unspecified atom stereocenters. The predicted octanol–water partition coefficient (Wildman–Crippen LogP) is 1.43. The van der Waals surface area contributed by atoms with E-state index < -0.39 is 5.97 Å². The highest BCUT2D eigenvalue weighted by molar-refractivity contribution is 5.94. The van der Waals surface area contributed by atoms with Crippen LogP contribution in [0.1, 0.15) is 28.8 Å². The molecule has 2 heterocycles. The molecule has 0 saturated carbocycles. The number of carboxylic acids is 1. The normalized spacial score (nSPS) is 16.0. The largest absolute Gasteiger partial charge is 0.478 e. The first kappa shape index (κ1) is 15.2. The Morgan fingerprint density at radius 1 is 1.38 bits per heavy atom. The van der Waals surface area contributed by atoms with Gasteiger partial charge >= 0.3 is 5.97 Å². The van der Waals surface area contributed by atoms with Crippen molar-refractivity contribution in [3.05, 3.63) is 35.7 Å². The molecular weight excluding hydrogens is 272 g/mol. The van der Waals surface area contributed by atoms with Gasteiger partial charge in [-0.05, 0) is 30.5 Å². The summed E-state index contributed by atoms with van der Waals surface area (Å²) >= 11 is 0. The lowest BCUT2D eigenvalue weighted by atomic mass is 10.1. The van der Waals surface area contributed by atoms with Gasteiger partial charge in [-0.25, -0.2) is 4.79 Å². The van der Waals surface area contributed by atoms with Crippen molar-refractivity contribution in [2.24, 2.45) is 0 Å². The van der Waals surface area contributed by atoms with Gasteiger partial charge in [-0.15, -0.1) is 0 Å². The smallest absolute Gasteiger partial charge is 0.328 e. The number of carboxylic acid groups (broad SMARTS) is 1. The summed E-state index contributed by atoms with van der Waals surface area (Å²) in [7, 11) is 1.78. The molecule has 1 saturated heterocycles. The molecule has 0 radical (unpaired) electrons. The molecule has 1 aliphatic rings. The Balaban J connectivity index is 2.11. The number of hydrogen-bond donors (Lipinski definition) is 1. The monoisotopic (exact) mass is 290 g/mol. The minimum Gasteiger partial charge on any atom is -0.478 e. The molecule has 1 amide bonds. The Morgan fingerprint density at radius 3 is 2.76 bits per heavy atom. The van der Waals surface area contributed by atoms with Crippen LogP contribution in [0.15, 0.2) is 24.5 Å². The van der Waals surface area contributed by atoms with E-state index in [-0.39, 0.29) is 11.9 Å². The molecule has 0 spiro atoms. The zero-order chi connectivity index (χ0) is 15.2. The summed E-state index contributed by atoms with van der Waals surface area (Å²) in [4.78, 5) is 28.7. The molecule has 112 valence electrons. The number of aliphatic carboxylic acids is 1. The highest BCUT2D eigenvalue weighted by Crippen LogP contribution is 2.16. The van der Waals surface area contributed by atoms with Gasteiger partial charge in [0.2, 0.25) is 0 Å². The maximum Gasteiger partial charge on any atom is 0.328 e. The number of aromatic nitrogens is 1. The van der Waals surface area contributed by atoms with Gasteiger partial charge in [0.25, 0.3) is 5.91 Å². The van der Waals surface area contributed by atoms with Crippen LogP contribution in [0.4, 0.5) is 0 Å². The average molecular weight is 290 g/mol. The van der Waals surface area contributed by atoms with Crippen molar-refractivity contribution in [3.8, 4) is 0 Å². The Hall–Kier alpha value is -2.21. The molecule has 0 bridgehead atoms. The summed E-state index contributed by atoms with van der Waals surface area (Å²) in [6, 6.07) is 1.81. The predicted molar refractivity (Wildman–Crippen MR) is 76.8 cm³/mol. The summed E-state index contributed by atoms with van der Waals surface area (Å²) in [6.07, 6.45) is 7.11. The van der Waals surface area contributed by atoms with Crippen molar-refractivity contribution < 1.29 is 19.4 Å². The van der Waals surface area contributed by atoms with Crippen LogP contribution in [-0.4, -0.2) is 53.2 Å². The third-order valence-electron chi connectivity index (χ3n) is 3.48. The van der Waals surface area contributed by atoms with E-state index in [9.17, 15) is 9.59 Å². The highest BCUT2D eigenvalue weighted by Gasteiger charge is 2.23. The van der Waals surface area contributed by atoms with Gasteiger partial charge in [-0.1, -0.05) is 0 Å². The lowest BCUT2D eigenvalue weighted by Crippen LogP contribution is -2.40. The molecule has 6 heteroatoms. The molecule has 0 aromatic carbocycles. The van der Waals surface area contributed by atoms with Crippen LogP contribution in [0.5, 0.6) is 0 Å². The summed E-state index contributed by atoms with van der Waals surface area (Å²) < 4.78 is 5.29. The van der Waals surface area contributed by atoms with E-state index in [4.69, 9.17) is 9.84 Å². The maximum absolute atomic E-state index is 12.4. The first-order chi connectivity index (χ1) is 10.1. The van der Waals surface area contributed by atoms with Gasteiger partial charge in [0.15, 0.2) is 0 Å². The third kappa shape index (κ3) is 4.13. The van der Waals surface area contributed by atoms with Crippen molar-refractivity contribution in [1.82, 2.24) is 9.88 Å². The zero-order valence-electron chi connectivity index (χ0n) is 11.9. The number of amides is 1. The molecule has 1 aromatic heterocycles. The van der Waals surface area contributed by atoms with Crippen LogP contribution in [0, 0.1) is 0 Å². The number of hydrogen-bond acceptors (Lipinski definition) is 4. The molecular formula is C15H18N2O4. The van der Waals surface area contributed by atoms with Crippen LogP contribution in [0.2, 0.25) is 0 Å². The Kier molecular flexibility index (Phi) is 5.05. The minimum atomic E-state index is -1.04. The van der Waals surface area contributed by atoms with E-state index >= 15 is 0 Å². The van der Waals surface area contributed by atoms with E-state index in [2.05, 4.69) is 4.98 Å². The van der Waals surface area contributed by atoms with E-state index in [1.165, 1.54) is 18.5 Å². The molecule has 1 N–H and O–H groups in total. The summed E-state index contributed by atoms with van der Waals surface area (Å²) in [5.74, 6) is -1.15. The fourth-order valence-electron chi connectivity index (χ4n) is 2.28. The van der Waals surface area contributed by atoms with Crippen molar-refractivity contribution in [1.29, 1.82) is 0 Å². The molecule has 2 rings (SSSR count). The first-order valence-corrected chi connectivity index (χ1v) is 6.79. The average Bonchev–Trinajstić information content (AvgIpc) is 2.52. The van der Waals surface area contributed by atoms with Crippen LogP contribution in [0.25, 0.3) is 6.08 Å². The fraction of sp³-hybridized carbons (Fsp3) is 0.400. The topological polar surface area (TPSA) is 79.7 Å². The maximum atomic E-state index is 12.4. The van der Waals surface area contributed by atoms with Gasteiger partial charge in [0, 0.05) is 44.8 Å². The van der Waals surface area contributed by atoms with Crippen LogP contribution in [-0.2, 0) is 9.53 Å². The minimum absolute atomic E-state index is 0.111. The highest BCUT2D eigenvalue weighted by atomic mass is 16.5. The second kappa shape index (κ2) is 6.99. The van der Waals surface area contributed by atoms with E-state index in [0.29, 0.717) is 24.3 Å². The standard InChI is InChI=1S/C15H18N2O4/c1-17(13-4-6-21-7-5-13)15(20)12-8-11(9-16-10-12)2-3-14(18)19/h2-3,8-10,13H,4-7H2,1H3,(H,18,19). The molecule has 0 atom stereocenters. The third-order valence-corrected chi connectivity index (χ3v) is 3.48. The number of pyridine rings is 1. The Labute approximate surface area is 123 Å². The number of carbonyl (C=O) groups excluding carboxylic acids is 1. The molecule has 1 fully saturated rings. The van der Waals surface area contributed by atoms with Crippen molar-refractivity contribution in [3.63, 3.8) is 0 Å². The van der Waals surface area contributed by atoms with Crippen LogP contribution >= 0.6 is 0 Å². The number of nitrogens with zero attached hydrogens (tertiary/aromatic N) is 2. The molecule has 6 nitrogen and oxygen atoms in total. The van der Waals surface area contributed by atoms with Gasteiger partial charge in [-0.3, -0.25) is 9.78 Å². The van der Waals surface area contributed by atoms with Crippen LogP contribution < -0.4 is 0 Å². The van der Waals surface area contributed by atoms with Crippen molar-refractivity contribution in [2.45, 2.75) is 18.9 Å². The van der Waals surface area contributed by atoms with E-state index in [1.807, 2.05) is 0 Å². The van der Waals surface area contributed by atoms with Crippen molar-refractivity contribution in [2.75, 3.05) is 20.3 Å². The zero-order valence-corrected chi connectivity index (χ0v) is 11.9. The second-order valence-electron chi connectivity index (χ2n) is 4.94. The number of carbonyl (C=O) groups is 2. The first-order valence-electron chi connectivity index (χ1n) is 6.79. The van der Waals surface area contributed by atoms with E-state index in [0.717, 1.165) is 18.9 Å². The van der Waals surface area contributed by atoms with E-state index in [1.54, 1.807) is 18.0 Å². The summed E-state index contributed by atoms with van der Waals surface area (Å²) in [5, 5.41) is 8.62. The lowest BCUT2D eigenvalue weighted by molar-refractivity contribution is -0.131. The summed E-state index contributed by atoms with van der Waals surface area (Å²) in [5.41, 5.74) is 1.04. The number of ether oxygens (including phenoxy) is 1. The molecule has 0 aliphatic carbocycles. The quantitative estimate of drug-likeness (QED) is 0.849. The van der Waals surface area contributed by atoms with Crippen molar-refractivity contribution >= 4 is 18.0 Å². The SMILES string of the molecule is CN(C(=O)c1cncc(C=CC(=O)O)c1)C1CCOCC1. The molecule has 1 aliphatic heterocycles. The van der Waals surface area contributed by atoms with Gasteiger partial charge in [0.05, 0.1) is 5.56 Å². The van der Waals surface area contributed by atoms with Crippen LogP contribution in [0.3, 0.4) is 0 Å². The Morgan fingerprint density at radius 2 is 2.10 bits per heavy atom. The molecule has 21 heavy (non-hydrogen) atoms. The van der Waals surface area contributed by atoms with Gasteiger partial charge < -0.3 is 14.7 Å². The molecule has 1 aromatic rings. The van der Waals surface area contributed by atoms with Gasteiger partial charge in [-0.2, -0.15) is 0 Å². The number of rotatable bonds is 4.